The van der Waals surface area contributed by atoms with Crippen molar-refractivity contribution in [2.45, 2.75) is 84.8 Å². The van der Waals surface area contributed by atoms with Crippen molar-refractivity contribution in [3.8, 4) is 0 Å². The molecule has 0 rings (SSSR count). The van der Waals surface area contributed by atoms with Crippen molar-refractivity contribution in [3.63, 3.8) is 0 Å². The van der Waals surface area contributed by atoms with Crippen molar-refractivity contribution in [2.24, 2.45) is 5.41 Å². The van der Waals surface area contributed by atoms with E-state index in [-0.39, 0.29) is 0 Å². The zero-order chi connectivity index (χ0) is 12.4. The van der Waals surface area contributed by atoms with Crippen molar-refractivity contribution in [3.05, 3.63) is 0 Å². The SMILES string of the molecule is CCC(CC)(CC)CCCCCCC(O)O. The maximum atomic E-state index is 8.71. The molecule has 0 saturated carbocycles. The largest absolute Gasteiger partial charge is 0.368 e. The van der Waals surface area contributed by atoms with E-state index in [9.17, 15) is 0 Å². The Hall–Kier alpha value is -0.0800. The van der Waals surface area contributed by atoms with Crippen LogP contribution in [-0.2, 0) is 0 Å². The number of hydrogen-bond acceptors (Lipinski definition) is 2. The summed E-state index contributed by atoms with van der Waals surface area (Å²) in [7, 11) is 0. The smallest absolute Gasteiger partial charge is 0.151 e. The van der Waals surface area contributed by atoms with E-state index in [0.717, 1.165) is 12.8 Å². The van der Waals surface area contributed by atoms with Gasteiger partial charge in [-0.3, -0.25) is 0 Å². The fraction of sp³-hybridized carbons (Fsp3) is 1.00. The second-order valence-electron chi connectivity index (χ2n) is 4.99. The normalized spacial score (nSPS) is 12.4. The molecule has 0 saturated heterocycles. The molecule has 2 nitrogen and oxygen atoms in total. The van der Waals surface area contributed by atoms with Gasteiger partial charge in [-0.15, -0.1) is 0 Å². The molecule has 0 spiro atoms. The second kappa shape index (κ2) is 9.00. The van der Waals surface area contributed by atoms with Crippen LogP contribution in [0.4, 0.5) is 0 Å². The average Bonchev–Trinajstić information content (AvgIpc) is 2.29. The van der Waals surface area contributed by atoms with Gasteiger partial charge in [-0.25, -0.2) is 0 Å². The lowest BCUT2D eigenvalue weighted by atomic mass is 9.75. The lowest BCUT2D eigenvalue weighted by Gasteiger charge is -2.30. The molecule has 0 unspecified atom stereocenters. The van der Waals surface area contributed by atoms with Crippen LogP contribution in [0.25, 0.3) is 0 Å². The highest BCUT2D eigenvalue weighted by molar-refractivity contribution is 4.74. The molecule has 2 heteroatoms. The predicted molar refractivity (Wildman–Crippen MR) is 69.2 cm³/mol. The third kappa shape index (κ3) is 6.49. The summed E-state index contributed by atoms with van der Waals surface area (Å²) in [6, 6.07) is 0. The fourth-order valence-electron chi connectivity index (χ4n) is 2.46. The molecular weight excluding hydrogens is 200 g/mol. The summed E-state index contributed by atoms with van der Waals surface area (Å²) in [5.41, 5.74) is 0.566. The van der Waals surface area contributed by atoms with Crippen molar-refractivity contribution >= 4 is 0 Å². The van der Waals surface area contributed by atoms with Crippen molar-refractivity contribution in [1.29, 1.82) is 0 Å². The topological polar surface area (TPSA) is 40.5 Å². The first-order valence-corrected chi connectivity index (χ1v) is 6.96. The minimum Gasteiger partial charge on any atom is -0.368 e. The van der Waals surface area contributed by atoms with E-state index in [1.54, 1.807) is 0 Å². The molecule has 0 fully saturated rings. The molecule has 0 atom stereocenters. The predicted octanol–water partition coefficient (Wildman–Crippen LogP) is 3.85. The van der Waals surface area contributed by atoms with Gasteiger partial charge in [-0.2, -0.15) is 0 Å². The molecule has 0 aliphatic carbocycles. The van der Waals surface area contributed by atoms with Crippen LogP contribution in [0.1, 0.15) is 78.6 Å². The van der Waals surface area contributed by atoms with Gasteiger partial charge in [-0.1, -0.05) is 59.3 Å². The molecular formula is C14H30O2. The van der Waals surface area contributed by atoms with Crippen LogP contribution in [-0.4, -0.2) is 16.5 Å². The van der Waals surface area contributed by atoms with E-state index in [1.165, 1.54) is 38.5 Å². The maximum Gasteiger partial charge on any atom is 0.151 e. The maximum absolute atomic E-state index is 8.71. The first-order valence-electron chi connectivity index (χ1n) is 6.96. The molecule has 98 valence electrons. The Morgan fingerprint density at radius 3 is 1.75 bits per heavy atom. The van der Waals surface area contributed by atoms with Crippen LogP contribution in [0, 0.1) is 5.41 Å². The lowest BCUT2D eigenvalue weighted by Crippen LogP contribution is -2.17. The minimum absolute atomic E-state index is 0.528. The van der Waals surface area contributed by atoms with Crippen LogP contribution in [0.5, 0.6) is 0 Å². The minimum atomic E-state index is -1.11. The van der Waals surface area contributed by atoms with E-state index in [2.05, 4.69) is 20.8 Å². The fourth-order valence-corrected chi connectivity index (χ4v) is 2.46. The first-order chi connectivity index (χ1) is 7.60. The molecule has 2 N–H and O–H groups in total. The Bertz CT molecular complexity index is 143. The average molecular weight is 230 g/mol. The molecule has 0 bridgehead atoms. The molecule has 0 aliphatic rings. The highest BCUT2D eigenvalue weighted by Gasteiger charge is 2.22. The molecule has 0 aromatic carbocycles. The summed E-state index contributed by atoms with van der Waals surface area (Å²) in [6.07, 6.45) is 9.20. The van der Waals surface area contributed by atoms with Gasteiger partial charge in [-0.05, 0) is 24.7 Å². The van der Waals surface area contributed by atoms with Crippen molar-refractivity contribution in [2.75, 3.05) is 0 Å². The lowest BCUT2D eigenvalue weighted by molar-refractivity contribution is -0.0466. The van der Waals surface area contributed by atoms with Crippen molar-refractivity contribution < 1.29 is 10.2 Å². The Morgan fingerprint density at radius 1 is 0.812 bits per heavy atom. The van der Waals surface area contributed by atoms with Gasteiger partial charge in [0.1, 0.15) is 0 Å². The van der Waals surface area contributed by atoms with Gasteiger partial charge in [0.15, 0.2) is 6.29 Å². The van der Waals surface area contributed by atoms with E-state index in [4.69, 9.17) is 10.2 Å². The highest BCUT2D eigenvalue weighted by Crippen LogP contribution is 2.36. The zero-order valence-electron chi connectivity index (χ0n) is 11.3. The van der Waals surface area contributed by atoms with Gasteiger partial charge >= 0.3 is 0 Å². The van der Waals surface area contributed by atoms with Gasteiger partial charge in [0, 0.05) is 0 Å². The Morgan fingerprint density at radius 2 is 1.31 bits per heavy atom. The Balaban J connectivity index is 3.55. The summed E-state index contributed by atoms with van der Waals surface area (Å²) in [5.74, 6) is 0. The number of aliphatic hydroxyl groups excluding tert-OH is 1. The van der Waals surface area contributed by atoms with E-state index >= 15 is 0 Å². The van der Waals surface area contributed by atoms with Gasteiger partial charge in [0.2, 0.25) is 0 Å². The number of unbranched alkanes of at least 4 members (excludes halogenated alkanes) is 3. The Kier molecular flexibility index (Phi) is 8.96. The van der Waals surface area contributed by atoms with E-state index < -0.39 is 6.29 Å². The molecule has 0 aromatic rings. The van der Waals surface area contributed by atoms with Gasteiger partial charge in [0.05, 0.1) is 0 Å². The molecule has 0 aromatic heterocycles. The monoisotopic (exact) mass is 230 g/mol. The van der Waals surface area contributed by atoms with Crippen LogP contribution in [0.3, 0.4) is 0 Å². The Labute approximate surface area is 101 Å². The summed E-state index contributed by atoms with van der Waals surface area (Å²) < 4.78 is 0. The number of hydrogen-bond donors (Lipinski definition) is 2. The van der Waals surface area contributed by atoms with Crippen molar-refractivity contribution in [1.82, 2.24) is 0 Å². The third-order valence-electron chi connectivity index (χ3n) is 4.17. The zero-order valence-corrected chi connectivity index (χ0v) is 11.3. The second-order valence-corrected chi connectivity index (χ2v) is 4.99. The van der Waals surface area contributed by atoms with Crippen LogP contribution < -0.4 is 0 Å². The highest BCUT2D eigenvalue weighted by atomic mass is 16.5. The van der Waals surface area contributed by atoms with Crippen LogP contribution in [0.15, 0.2) is 0 Å². The summed E-state index contributed by atoms with van der Waals surface area (Å²) in [5, 5.41) is 17.4. The van der Waals surface area contributed by atoms with Crippen LogP contribution >= 0.6 is 0 Å². The standard InChI is InChI=1S/C14H30O2/c1-4-14(5-2,6-3)12-10-8-7-9-11-13(15)16/h13,15-16H,4-12H2,1-3H3. The van der Waals surface area contributed by atoms with E-state index in [1.807, 2.05) is 0 Å². The van der Waals surface area contributed by atoms with E-state index in [0.29, 0.717) is 11.8 Å². The van der Waals surface area contributed by atoms with Gasteiger partial charge in [0.25, 0.3) is 0 Å². The molecule has 0 radical (unpaired) electrons. The first kappa shape index (κ1) is 15.9. The summed E-state index contributed by atoms with van der Waals surface area (Å²) in [4.78, 5) is 0. The molecule has 0 aliphatic heterocycles. The molecule has 16 heavy (non-hydrogen) atoms. The molecule has 0 heterocycles. The van der Waals surface area contributed by atoms with Crippen LogP contribution in [0.2, 0.25) is 0 Å². The summed E-state index contributed by atoms with van der Waals surface area (Å²) in [6.45, 7) is 6.90. The molecule has 0 amide bonds. The third-order valence-corrected chi connectivity index (χ3v) is 4.17. The number of rotatable bonds is 10. The summed E-state index contributed by atoms with van der Waals surface area (Å²) >= 11 is 0. The van der Waals surface area contributed by atoms with Gasteiger partial charge < -0.3 is 10.2 Å². The number of aliphatic hydroxyl groups is 2. The quantitative estimate of drug-likeness (QED) is 0.442.